The van der Waals surface area contributed by atoms with Crippen LogP contribution < -0.4 is 5.90 Å². The number of thiazole rings is 1. The maximum Gasteiger partial charge on any atom is 0.154 e. The van der Waals surface area contributed by atoms with Gasteiger partial charge in [-0.15, -0.1) is 11.3 Å². The zero-order valence-electron chi connectivity index (χ0n) is 9.84. The van der Waals surface area contributed by atoms with Crippen molar-refractivity contribution in [2.75, 3.05) is 0 Å². The summed E-state index contributed by atoms with van der Waals surface area (Å²) in [5, 5.41) is 2.06. The van der Waals surface area contributed by atoms with Gasteiger partial charge in [-0.25, -0.2) is 4.98 Å². The van der Waals surface area contributed by atoms with Crippen molar-refractivity contribution in [1.82, 2.24) is 4.98 Å². The van der Waals surface area contributed by atoms with Crippen LogP contribution >= 0.6 is 23.1 Å². The molecule has 3 nitrogen and oxygen atoms in total. The van der Waals surface area contributed by atoms with Crippen molar-refractivity contribution in [2.45, 2.75) is 22.6 Å². The van der Waals surface area contributed by atoms with E-state index in [2.05, 4.69) is 28.6 Å². The second kappa shape index (κ2) is 4.76. The van der Waals surface area contributed by atoms with E-state index in [1.807, 2.05) is 13.0 Å². The predicted octanol–water partition coefficient (Wildman–Crippen LogP) is 3.39. The van der Waals surface area contributed by atoms with Crippen molar-refractivity contribution >= 4 is 28.9 Å². The number of hydrogen-bond acceptors (Lipinski definition) is 5. The number of fused-ring (bicyclic) bond motifs is 1. The zero-order chi connectivity index (χ0) is 12.5. The van der Waals surface area contributed by atoms with Gasteiger partial charge in [0.15, 0.2) is 10.1 Å². The molecule has 1 aliphatic carbocycles. The summed E-state index contributed by atoms with van der Waals surface area (Å²) in [6.07, 6.45) is 2.90. The SMILES string of the molecule is Cc1csc(Sc2ccc3c(c2)C(ON)=CC3)n1. The fraction of sp³-hybridized carbons (Fsp3) is 0.154. The third-order valence-corrected chi connectivity index (χ3v) is 4.83. The molecule has 0 fully saturated rings. The number of allylic oxidation sites excluding steroid dienone is 1. The van der Waals surface area contributed by atoms with E-state index in [1.165, 1.54) is 5.56 Å². The van der Waals surface area contributed by atoms with Crippen LogP contribution in [0.3, 0.4) is 0 Å². The van der Waals surface area contributed by atoms with Gasteiger partial charge < -0.3 is 4.84 Å². The molecule has 1 aromatic heterocycles. The van der Waals surface area contributed by atoms with Crippen LogP contribution in [0.4, 0.5) is 0 Å². The molecule has 0 atom stereocenters. The Hall–Kier alpha value is -1.30. The Labute approximate surface area is 114 Å². The van der Waals surface area contributed by atoms with E-state index in [0.717, 1.165) is 32.7 Å². The van der Waals surface area contributed by atoms with Gasteiger partial charge in [0.1, 0.15) is 0 Å². The number of nitrogens with zero attached hydrogens (tertiary/aromatic N) is 1. The molecular weight excluding hydrogens is 264 g/mol. The van der Waals surface area contributed by atoms with Crippen LogP contribution in [0.2, 0.25) is 0 Å². The summed E-state index contributed by atoms with van der Waals surface area (Å²) >= 11 is 3.34. The molecule has 0 amide bonds. The van der Waals surface area contributed by atoms with E-state index in [-0.39, 0.29) is 0 Å². The smallest absolute Gasteiger partial charge is 0.154 e. The number of aryl methyl sites for hydroxylation is 1. The molecule has 1 aromatic carbocycles. The Bertz CT molecular complexity index is 619. The first-order valence-corrected chi connectivity index (χ1v) is 7.26. The second-order valence-electron chi connectivity index (χ2n) is 4.07. The number of hydrogen-bond donors (Lipinski definition) is 1. The Morgan fingerprint density at radius 2 is 2.33 bits per heavy atom. The lowest BCUT2D eigenvalue weighted by molar-refractivity contribution is 0.291. The molecule has 0 saturated heterocycles. The van der Waals surface area contributed by atoms with E-state index in [0.29, 0.717) is 0 Å². The van der Waals surface area contributed by atoms with Crippen molar-refractivity contribution < 1.29 is 4.84 Å². The molecule has 1 heterocycles. The molecular formula is C13H12N2OS2. The molecule has 2 N–H and O–H groups in total. The highest BCUT2D eigenvalue weighted by Crippen LogP contribution is 2.35. The van der Waals surface area contributed by atoms with Crippen molar-refractivity contribution in [1.29, 1.82) is 0 Å². The van der Waals surface area contributed by atoms with Crippen LogP contribution in [0.25, 0.3) is 5.76 Å². The quantitative estimate of drug-likeness (QED) is 0.873. The van der Waals surface area contributed by atoms with E-state index in [1.54, 1.807) is 23.1 Å². The number of nitrogens with two attached hydrogens (primary N) is 1. The lowest BCUT2D eigenvalue weighted by Gasteiger charge is -2.05. The van der Waals surface area contributed by atoms with Crippen molar-refractivity contribution in [2.24, 2.45) is 5.90 Å². The maximum absolute atomic E-state index is 5.27. The highest BCUT2D eigenvalue weighted by Gasteiger charge is 2.16. The summed E-state index contributed by atoms with van der Waals surface area (Å²) in [6.45, 7) is 2.01. The molecule has 0 radical (unpaired) electrons. The van der Waals surface area contributed by atoms with Gasteiger partial charge in [0, 0.05) is 21.5 Å². The minimum atomic E-state index is 0.766. The monoisotopic (exact) mass is 276 g/mol. The third-order valence-electron chi connectivity index (χ3n) is 2.78. The number of benzene rings is 1. The molecule has 0 spiro atoms. The van der Waals surface area contributed by atoms with Crippen molar-refractivity contribution in [3.05, 3.63) is 46.5 Å². The Balaban J connectivity index is 1.88. The lowest BCUT2D eigenvalue weighted by atomic mass is 10.1. The van der Waals surface area contributed by atoms with Crippen molar-refractivity contribution in [3.8, 4) is 0 Å². The molecule has 1 aliphatic rings. The van der Waals surface area contributed by atoms with Gasteiger partial charge in [0.2, 0.25) is 0 Å². The van der Waals surface area contributed by atoms with E-state index >= 15 is 0 Å². The fourth-order valence-electron chi connectivity index (χ4n) is 1.93. The van der Waals surface area contributed by atoms with Crippen molar-refractivity contribution in [3.63, 3.8) is 0 Å². The van der Waals surface area contributed by atoms with Crippen LogP contribution in [0.1, 0.15) is 16.8 Å². The molecule has 0 aliphatic heterocycles. The van der Waals surface area contributed by atoms with E-state index < -0.39 is 0 Å². The Morgan fingerprint density at radius 3 is 3.06 bits per heavy atom. The van der Waals surface area contributed by atoms with Gasteiger partial charge in [0.25, 0.3) is 0 Å². The largest absolute Gasteiger partial charge is 0.411 e. The summed E-state index contributed by atoms with van der Waals surface area (Å²) in [5.74, 6) is 6.04. The maximum atomic E-state index is 5.27. The first kappa shape index (κ1) is 11.8. The summed E-state index contributed by atoms with van der Waals surface area (Å²) in [5.41, 5.74) is 3.42. The summed E-state index contributed by atoms with van der Waals surface area (Å²) in [7, 11) is 0. The van der Waals surface area contributed by atoms with Crippen LogP contribution in [0.15, 0.2) is 38.9 Å². The fourth-order valence-corrected chi connectivity index (χ4v) is 3.78. The Morgan fingerprint density at radius 1 is 1.44 bits per heavy atom. The molecule has 0 saturated carbocycles. The molecule has 92 valence electrons. The van der Waals surface area contributed by atoms with Gasteiger partial charge >= 0.3 is 0 Å². The van der Waals surface area contributed by atoms with Gasteiger partial charge in [-0.1, -0.05) is 17.8 Å². The average molecular weight is 276 g/mol. The van der Waals surface area contributed by atoms with Crippen LogP contribution in [0.5, 0.6) is 0 Å². The third kappa shape index (κ3) is 2.16. The summed E-state index contributed by atoms with van der Waals surface area (Å²) < 4.78 is 1.06. The van der Waals surface area contributed by atoms with Gasteiger partial charge in [-0.2, -0.15) is 5.90 Å². The molecule has 0 bridgehead atoms. The van der Waals surface area contributed by atoms with Crippen LogP contribution in [-0.4, -0.2) is 4.98 Å². The van der Waals surface area contributed by atoms with E-state index in [9.17, 15) is 0 Å². The van der Waals surface area contributed by atoms with Gasteiger partial charge in [0.05, 0.1) is 0 Å². The standard InChI is InChI=1S/C13H12N2OS2/c1-8-7-17-13(15-8)18-10-4-2-9-3-5-12(16-14)11(9)6-10/h2,4-7H,3,14H2,1H3. The normalized spacial score (nSPS) is 13.3. The van der Waals surface area contributed by atoms with E-state index in [4.69, 9.17) is 10.7 Å². The average Bonchev–Trinajstić information content (AvgIpc) is 2.95. The second-order valence-corrected chi connectivity index (χ2v) is 6.24. The molecule has 3 rings (SSSR count). The summed E-state index contributed by atoms with van der Waals surface area (Å²) in [6, 6.07) is 6.36. The first-order chi connectivity index (χ1) is 8.76. The molecule has 0 unspecified atom stereocenters. The summed E-state index contributed by atoms with van der Waals surface area (Å²) in [4.78, 5) is 10.5. The van der Waals surface area contributed by atoms with Crippen LogP contribution in [0, 0.1) is 6.92 Å². The van der Waals surface area contributed by atoms with Gasteiger partial charge in [-0.3, -0.25) is 0 Å². The zero-order valence-corrected chi connectivity index (χ0v) is 11.5. The number of aromatic nitrogens is 1. The molecule has 5 heteroatoms. The lowest BCUT2D eigenvalue weighted by Crippen LogP contribution is -1.97. The highest BCUT2D eigenvalue weighted by atomic mass is 32.2. The topological polar surface area (TPSA) is 48.1 Å². The molecule has 18 heavy (non-hydrogen) atoms. The Kier molecular flexibility index (Phi) is 3.11. The predicted molar refractivity (Wildman–Crippen MR) is 74.4 cm³/mol. The highest BCUT2D eigenvalue weighted by molar-refractivity contribution is 8.01. The minimum Gasteiger partial charge on any atom is -0.411 e. The minimum absolute atomic E-state index is 0.766. The van der Waals surface area contributed by atoms with Crippen LogP contribution in [-0.2, 0) is 11.3 Å². The first-order valence-electron chi connectivity index (χ1n) is 5.56. The number of rotatable bonds is 3. The van der Waals surface area contributed by atoms with Gasteiger partial charge in [-0.05, 0) is 37.1 Å². The molecule has 2 aromatic rings.